The molecule has 0 aromatic carbocycles. The van der Waals surface area contributed by atoms with Crippen LogP contribution in [0.15, 0.2) is 16.7 Å². The van der Waals surface area contributed by atoms with Crippen LogP contribution in [-0.2, 0) is 10.0 Å². The molecule has 122 valence electrons. The normalized spacial score (nSPS) is 17.0. The van der Waals surface area contributed by atoms with Gasteiger partial charge >= 0.3 is 5.97 Å². The van der Waals surface area contributed by atoms with Gasteiger partial charge in [0.2, 0.25) is 10.0 Å². The van der Waals surface area contributed by atoms with Crippen molar-refractivity contribution in [1.82, 2.24) is 9.21 Å². The monoisotopic (exact) mass is 330 g/mol. The van der Waals surface area contributed by atoms with Gasteiger partial charge < -0.3 is 14.4 Å². The number of furan rings is 1. The molecule has 0 atom stereocenters. The molecule has 0 aliphatic carbocycles. The van der Waals surface area contributed by atoms with Gasteiger partial charge in [-0.25, -0.2) is 17.5 Å². The number of rotatable bonds is 4. The number of hydrogen-bond acceptors (Lipinski definition) is 5. The number of piperidine rings is 1. The first-order valence-electron chi connectivity index (χ1n) is 6.74. The van der Waals surface area contributed by atoms with Crippen LogP contribution in [0.2, 0.25) is 0 Å². The highest BCUT2D eigenvalue weighted by molar-refractivity contribution is 7.88. The molecule has 2 rings (SSSR count). The van der Waals surface area contributed by atoms with Gasteiger partial charge in [-0.3, -0.25) is 4.79 Å². The van der Waals surface area contributed by atoms with Gasteiger partial charge in [0.05, 0.1) is 11.8 Å². The summed E-state index contributed by atoms with van der Waals surface area (Å²) in [6.07, 6.45) is 3.24. The zero-order chi connectivity index (χ0) is 16.5. The Kier molecular flexibility index (Phi) is 4.57. The number of likely N-dealkylation sites (tertiary alicyclic amines) is 1. The zero-order valence-electron chi connectivity index (χ0n) is 12.4. The molecule has 0 bridgehead atoms. The molecule has 1 aromatic heterocycles. The molecule has 1 aromatic rings. The second kappa shape index (κ2) is 6.09. The Labute approximate surface area is 128 Å². The Morgan fingerprint density at radius 1 is 1.36 bits per heavy atom. The summed E-state index contributed by atoms with van der Waals surface area (Å²) in [6.45, 7) is 0.791. The van der Waals surface area contributed by atoms with Gasteiger partial charge in [-0.2, -0.15) is 0 Å². The Morgan fingerprint density at radius 3 is 2.41 bits per heavy atom. The molecule has 2 heterocycles. The number of hydrogen-bond donors (Lipinski definition) is 1. The van der Waals surface area contributed by atoms with Crippen LogP contribution < -0.4 is 0 Å². The smallest absolute Gasteiger partial charge is 0.338 e. The van der Waals surface area contributed by atoms with Crippen LogP contribution in [-0.4, -0.2) is 67.0 Å². The quantitative estimate of drug-likeness (QED) is 0.860. The van der Waals surface area contributed by atoms with Crippen LogP contribution in [0, 0.1) is 0 Å². The lowest BCUT2D eigenvalue weighted by Gasteiger charge is -2.35. The summed E-state index contributed by atoms with van der Waals surface area (Å²) in [4.78, 5) is 24.5. The highest BCUT2D eigenvalue weighted by Gasteiger charge is 2.30. The highest BCUT2D eigenvalue weighted by Crippen LogP contribution is 2.20. The van der Waals surface area contributed by atoms with E-state index in [0.29, 0.717) is 25.9 Å². The van der Waals surface area contributed by atoms with E-state index in [2.05, 4.69) is 0 Å². The lowest BCUT2D eigenvalue weighted by atomic mass is 10.1. The molecule has 0 saturated carbocycles. The third-order valence-corrected chi connectivity index (χ3v) is 5.19. The van der Waals surface area contributed by atoms with E-state index in [1.807, 2.05) is 0 Å². The largest absolute Gasteiger partial charge is 0.478 e. The van der Waals surface area contributed by atoms with Crippen LogP contribution in [0.25, 0.3) is 0 Å². The van der Waals surface area contributed by atoms with E-state index in [4.69, 9.17) is 9.52 Å². The maximum atomic E-state index is 12.2. The van der Waals surface area contributed by atoms with E-state index in [1.165, 1.54) is 22.3 Å². The lowest BCUT2D eigenvalue weighted by molar-refractivity contribution is 0.0652. The van der Waals surface area contributed by atoms with Gasteiger partial charge in [-0.1, -0.05) is 0 Å². The molecule has 0 spiro atoms. The Balaban J connectivity index is 1.99. The maximum absolute atomic E-state index is 12.2. The Morgan fingerprint density at radius 2 is 1.95 bits per heavy atom. The molecule has 1 aliphatic rings. The van der Waals surface area contributed by atoms with Gasteiger partial charge in [0.15, 0.2) is 5.76 Å². The molecule has 0 unspecified atom stereocenters. The molecular formula is C13H18N2O6S. The van der Waals surface area contributed by atoms with E-state index in [-0.39, 0.29) is 23.3 Å². The predicted molar refractivity (Wildman–Crippen MR) is 77.2 cm³/mol. The minimum atomic E-state index is -3.25. The van der Waals surface area contributed by atoms with Gasteiger partial charge in [0.1, 0.15) is 6.26 Å². The first kappa shape index (κ1) is 16.5. The molecule has 1 N–H and O–H groups in total. The maximum Gasteiger partial charge on any atom is 0.338 e. The van der Waals surface area contributed by atoms with E-state index in [0.717, 1.165) is 12.5 Å². The summed E-state index contributed by atoms with van der Waals surface area (Å²) < 4.78 is 29.3. The minimum Gasteiger partial charge on any atom is -0.478 e. The fourth-order valence-electron chi connectivity index (χ4n) is 2.42. The molecule has 1 fully saturated rings. The van der Waals surface area contributed by atoms with E-state index < -0.39 is 16.0 Å². The van der Waals surface area contributed by atoms with Gasteiger partial charge in [-0.05, 0) is 12.8 Å². The van der Waals surface area contributed by atoms with Crippen molar-refractivity contribution < 1.29 is 27.5 Å². The molecule has 1 amide bonds. The minimum absolute atomic E-state index is 0.0210. The first-order chi connectivity index (χ1) is 10.2. The number of sulfonamides is 1. The lowest BCUT2D eigenvalue weighted by Crippen LogP contribution is -2.46. The summed E-state index contributed by atoms with van der Waals surface area (Å²) in [7, 11) is -1.72. The van der Waals surface area contributed by atoms with Gasteiger partial charge in [0, 0.05) is 32.2 Å². The average molecular weight is 330 g/mol. The van der Waals surface area contributed by atoms with Crippen LogP contribution in [0.5, 0.6) is 0 Å². The second-order valence-corrected chi connectivity index (χ2v) is 7.35. The van der Waals surface area contributed by atoms with Gasteiger partial charge in [0.25, 0.3) is 5.91 Å². The molecule has 9 heteroatoms. The van der Waals surface area contributed by atoms with Crippen LogP contribution in [0.1, 0.15) is 33.8 Å². The van der Waals surface area contributed by atoms with Crippen LogP contribution in [0.4, 0.5) is 0 Å². The second-order valence-electron chi connectivity index (χ2n) is 5.31. The van der Waals surface area contributed by atoms with Gasteiger partial charge in [-0.15, -0.1) is 0 Å². The fourth-order valence-corrected chi connectivity index (χ4v) is 3.17. The number of carboxylic acids is 1. The standard InChI is InChI=1S/C13H18N2O6S/c1-14(22(2,19)20)10-3-5-15(6-4-10)12(16)11-7-9(8-21-11)13(17)18/h7-8,10H,3-6H2,1-2H3,(H,17,18). The first-order valence-corrected chi connectivity index (χ1v) is 8.59. The third-order valence-electron chi connectivity index (χ3n) is 3.85. The van der Waals surface area contributed by atoms with E-state index in [1.54, 1.807) is 0 Å². The number of aromatic carboxylic acids is 1. The highest BCUT2D eigenvalue weighted by atomic mass is 32.2. The molecule has 8 nitrogen and oxygen atoms in total. The number of nitrogens with zero attached hydrogens (tertiary/aromatic N) is 2. The summed E-state index contributed by atoms with van der Waals surface area (Å²) in [5.74, 6) is -1.56. The van der Waals surface area contributed by atoms with Crippen molar-refractivity contribution in [2.45, 2.75) is 18.9 Å². The zero-order valence-corrected chi connectivity index (χ0v) is 13.2. The van der Waals surface area contributed by atoms with E-state index >= 15 is 0 Å². The van der Waals surface area contributed by atoms with Crippen molar-refractivity contribution in [2.24, 2.45) is 0 Å². The Hall–Kier alpha value is -1.87. The molecule has 1 aliphatic heterocycles. The van der Waals surface area contributed by atoms with Crippen molar-refractivity contribution in [3.8, 4) is 0 Å². The Bertz CT molecular complexity index is 672. The molecule has 22 heavy (non-hydrogen) atoms. The van der Waals surface area contributed by atoms with Crippen molar-refractivity contribution in [1.29, 1.82) is 0 Å². The SMILES string of the molecule is CN(C1CCN(C(=O)c2cc(C(=O)O)co2)CC1)S(C)(=O)=O. The average Bonchev–Trinajstić information content (AvgIpc) is 2.95. The van der Waals surface area contributed by atoms with E-state index in [9.17, 15) is 18.0 Å². The van der Waals surface area contributed by atoms with Crippen molar-refractivity contribution >= 4 is 21.9 Å². The topological polar surface area (TPSA) is 108 Å². The number of carboxylic acid groups (broad SMARTS) is 1. The molecular weight excluding hydrogens is 312 g/mol. The molecule has 0 radical (unpaired) electrons. The molecule has 1 saturated heterocycles. The predicted octanol–water partition coefficient (Wildman–Crippen LogP) is 0.474. The summed E-state index contributed by atoms with van der Waals surface area (Å²) in [5.41, 5.74) is -0.0740. The summed E-state index contributed by atoms with van der Waals surface area (Å²) in [5, 5.41) is 8.82. The van der Waals surface area contributed by atoms with Crippen molar-refractivity contribution in [3.63, 3.8) is 0 Å². The summed E-state index contributed by atoms with van der Waals surface area (Å²) >= 11 is 0. The van der Waals surface area contributed by atoms with Crippen molar-refractivity contribution in [2.75, 3.05) is 26.4 Å². The number of amides is 1. The fraction of sp³-hybridized carbons (Fsp3) is 0.538. The third kappa shape index (κ3) is 3.47. The van der Waals surface area contributed by atoms with Crippen molar-refractivity contribution in [3.05, 3.63) is 23.7 Å². The van der Waals surface area contributed by atoms with Crippen LogP contribution >= 0.6 is 0 Å². The van der Waals surface area contributed by atoms with Crippen LogP contribution in [0.3, 0.4) is 0 Å². The number of carbonyl (C=O) groups excluding carboxylic acids is 1. The summed E-state index contributed by atoms with van der Waals surface area (Å²) in [6, 6.07) is 1.06. The number of carbonyl (C=O) groups is 2.